The van der Waals surface area contributed by atoms with Crippen LogP contribution in [0.2, 0.25) is 0 Å². The average molecular weight is 437 g/mol. The van der Waals surface area contributed by atoms with Gasteiger partial charge < -0.3 is 38.0 Å². The molecule has 2 heterocycles. The van der Waals surface area contributed by atoms with Gasteiger partial charge in [-0.1, -0.05) is 6.58 Å². The lowest BCUT2D eigenvalue weighted by molar-refractivity contribution is -0.232. The molecule has 0 aromatic heterocycles. The second-order valence-electron chi connectivity index (χ2n) is 8.15. The molecule has 2 aliphatic heterocycles. The van der Waals surface area contributed by atoms with E-state index in [2.05, 4.69) is 6.58 Å². The van der Waals surface area contributed by atoms with Crippen molar-refractivity contribution in [3.8, 4) is 0 Å². The van der Waals surface area contributed by atoms with Crippen LogP contribution in [-0.4, -0.2) is 66.6 Å². The van der Waals surface area contributed by atoms with Gasteiger partial charge in [0.05, 0.1) is 37.1 Å². The first-order chi connectivity index (χ1) is 13.4. The topological polar surface area (TPSA) is 116 Å². The van der Waals surface area contributed by atoms with Crippen LogP contribution in [0.3, 0.4) is 0 Å². The minimum Gasteiger partial charge on any atom is -0.746 e. The molecule has 8 atom stereocenters. The largest absolute Gasteiger partial charge is 0.746 e. The van der Waals surface area contributed by atoms with E-state index in [9.17, 15) is 14.6 Å². The summed E-state index contributed by atoms with van der Waals surface area (Å²) in [6.45, 7) is 14.7. The SMILES string of the molecule is C=C(OP(=O)([O-])O[C@@H]1C(O)[C@H](C)O[C@@H]1COC(C)C)[C@H]1O[C@@H](C)CC1OC(C)C. The van der Waals surface area contributed by atoms with Gasteiger partial charge in [0, 0.05) is 6.42 Å². The maximum Gasteiger partial charge on any atom is 0.319 e. The van der Waals surface area contributed by atoms with Gasteiger partial charge in [0.25, 0.3) is 0 Å². The Bertz CT molecular complexity index is 596. The molecule has 10 heteroatoms. The molecule has 0 spiro atoms. The Morgan fingerprint density at radius 3 is 2.48 bits per heavy atom. The molecule has 3 unspecified atom stereocenters. The zero-order valence-corrected chi connectivity index (χ0v) is 18.9. The summed E-state index contributed by atoms with van der Waals surface area (Å²) in [5.41, 5.74) is 0. The summed E-state index contributed by atoms with van der Waals surface area (Å²) < 4.78 is 45.3. The van der Waals surface area contributed by atoms with Gasteiger partial charge in [-0.05, 0) is 41.5 Å². The van der Waals surface area contributed by atoms with Crippen LogP contribution >= 0.6 is 7.82 Å². The quantitative estimate of drug-likeness (QED) is 0.404. The summed E-state index contributed by atoms with van der Waals surface area (Å²) >= 11 is 0. The molecular formula is C19H34O9P-. The highest BCUT2D eigenvalue weighted by atomic mass is 31.2. The highest BCUT2D eigenvalue weighted by Gasteiger charge is 2.45. The van der Waals surface area contributed by atoms with Crippen molar-refractivity contribution in [2.45, 2.75) is 103 Å². The van der Waals surface area contributed by atoms with E-state index in [1.807, 2.05) is 34.6 Å². The number of aliphatic hydroxyl groups excluding tert-OH is 1. The molecule has 2 saturated heterocycles. The zero-order chi connectivity index (χ0) is 21.9. The normalized spacial score (nSPS) is 37.2. The van der Waals surface area contributed by atoms with Gasteiger partial charge in [-0.15, -0.1) is 0 Å². The molecule has 0 aromatic carbocycles. The molecule has 170 valence electrons. The Labute approximate surface area is 172 Å². The van der Waals surface area contributed by atoms with Crippen LogP contribution in [0.15, 0.2) is 12.3 Å². The van der Waals surface area contributed by atoms with E-state index in [0.29, 0.717) is 6.42 Å². The summed E-state index contributed by atoms with van der Waals surface area (Å²) in [6, 6.07) is 0. The van der Waals surface area contributed by atoms with E-state index in [0.717, 1.165) is 0 Å². The number of rotatable bonds is 10. The second kappa shape index (κ2) is 10.2. The molecule has 0 amide bonds. The number of phosphoric ester groups is 1. The number of aliphatic hydroxyl groups is 1. The van der Waals surface area contributed by atoms with Gasteiger partial charge >= 0.3 is 7.82 Å². The zero-order valence-electron chi connectivity index (χ0n) is 18.0. The highest BCUT2D eigenvalue weighted by Crippen LogP contribution is 2.47. The molecule has 1 N–H and O–H groups in total. The fourth-order valence-corrected chi connectivity index (χ4v) is 4.44. The fourth-order valence-electron chi connectivity index (χ4n) is 3.44. The minimum atomic E-state index is -4.86. The highest BCUT2D eigenvalue weighted by molar-refractivity contribution is 7.46. The van der Waals surface area contributed by atoms with Crippen molar-refractivity contribution in [1.29, 1.82) is 0 Å². The Kier molecular flexibility index (Phi) is 8.71. The van der Waals surface area contributed by atoms with Crippen molar-refractivity contribution < 1.29 is 42.6 Å². The molecule has 9 nitrogen and oxygen atoms in total. The van der Waals surface area contributed by atoms with E-state index in [-0.39, 0.29) is 36.8 Å². The summed E-state index contributed by atoms with van der Waals surface area (Å²) in [4.78, 5) is 12.5. The van der Waals surface area contributed by atoms with Crippen LogP contribution < -0.4 is 4.89 Å². The smallest absolute Gasteiger partial charge is 0.319 e. The van der Waals surface area contributed by atoms with Crippen LogP contribution in [0.5, 0.6) is 0 Å². The molecule has 2 aliphatic rings. The Morgan fingerprint density at radius 2 is 1.90 bits per heavy atom. The molecular weight excluding hydrogens is 403 g/mol. The van der Waals surface area contributed by atoms with Crippen LogP contribution in [0, 0.1) is 0 Å². The third-order valence-electron chi connectivity index (χ3n) is 4.69. The third-order valence-corrected chi connectivity index (χ3v) is 5.65. The lowest BCUT2D eigenvalue weighted by Crippen LogP contribution is -2.38. The van der Waals surface area contributed by atoms with Crippen LogP contribution in [-0.2, 0) is 32.6 Å². The van der Waals surface area contributed by atoms with Crippen molar-refractivity contribution in [1.82, 2.24) is 0 Å². The summed E-state index contributed by atoms with van der Waals surface area (Å²) in [7, 11) is -4.86. The lowest BCUT2D eigenvalue weighted by Gasteiger charge is -2.32. The minimum absolute atomic E-state index is 0.0616. The molecule has 2 rings (SSSR count). The van der Waals surface area contributed by atoms with Gasteiger partial charge in [0.1, 0.15) is 30.2 Å². The first-order valence-electron chi connectivity index (χ1n) is 10.0. The Morgan fingerprint density at radius 1 is 1.24 bits per heavy atom. The van der Waals surface area contributed by atoms with Gasteiger partial charge in [-0.25, -0.2) is 0 Å². The summed E-state index contributed by atoms with van der Waals surface area (Å²) in [6.07, 6.45) is -4.42. The number of hydrogen-bond acceptors (Lipinski definition) is 9. The van der Waals surface area contributed by atoms with E-state index in [4.69, 9.17) is 28.0 Å². The molecule has 0 radical (unpaired) electrons. The van der Waals surface area contributed by atoms with Crippen LogP contribution in [0.4, 0.5) is 0 Å². The Balaban J connectivity index is 2.01. The van der Waals surface area contributed by atoms with Crippen molar-refractivity contribution in [2.75, 3.05) is 6.61 Å². The fraction of sp³-hybridized carbons (Fsp3) is 0.895. The van der Waals surface area contributed by atoms with Crippen molar-refractivity contribution in [3.63, 3.8) is 0 Å². The first-order valence-corrected chi connectivity index (χ1v) is 11.5. The van der Waals surface area contributed by atoms with Gasteiger partial charge in [-0.3, -0.25) is 4.57 Å². The monoisotopic (exact) mass is 437 g/mol. The molecule has 0 bridgehead atoms. The van der Waals surface area contributed by atoms with E-state index in [1.165, 1.54) is 0 Å². The lowest BCUT2D eigenvalue weighted by atomic mass is 10.1. The second-order valence-corrected chi connectivity index (χ2v) is 9.44. The van der Waals surface area contributed by atoms with Crippen molar-refractivity contribution >= 4 is 7.82 Å². The summed E-state index contributed by atoms with van der Waals surface area (Å²) in [5, 5.41) is 10.3. The summed E-state index contributed by atoms with van der Waals surface area (Å²) in [5.74, 6) is -0.116. The van der Waals surface area contributed by atoms with E-state index < -0.39 is 38.3 Å². The third kappa shape index (κ3) is 7.01. The standard InChI is InChI=1S/C19H35O9P/c1-10(2)23-9-16-19(17(20)13(6)26-16)28-29(21,22)27-14(7)18-15(24-11(3)4)8-12(5)25-18/h10-13,15-20H,7-9H2,1-6H3,(H,21,22)/p-1/t12-,13-,15?,16+,17?,18+,19-/m0/s1. The van der Waals surface area contributed by atoms with Crippen LogP contribution in [0.1, 0.15) is 48.0 Å². The van der Waals surface area contributed by atoms with Gasteiger partial charge in [0.15, 0.2) is 0 Å². The van der Waals surface area contributed by atoms with Crippen molar-refractivity contribution in [3.05, 3.63) is 12.3 Å². The maximum atomic E-state index is 12.5. The van der Waals surface area contributed by atoms with Gasteiger partial charge in [0.2, 0.25) is 0 Å². The van der Waals surface area contributed by atoms with Crippen molar-refractivity contribution in [2.24, 2.45) is 0 Å². The molecule has 2 fully saturated rings. The maximum absolute atomic E-state index is 12.5. The molecule has 0 saturated carbocycles. The van der Waals surface area contributed by atoms with Gasteiger partial charge in [-0.2, -0.15) is 0 Å². The number of ether oxygens (including phenoxy) is 4. The predicted molar refractivity (Wildman–Crippen MR) is 103 cm³/mol. The van der Waals surface area contributed by atoms with E-state index >= 15 is 0 Å². The molecule has 0 aromatic rings. The number of hydrogen-bond donors (Lipinski definition) is 1. The first kappa shape index (κ1) is 24.8. The Hall–Kier alpha value is -0.510. The predicted octanol–water partition coefficient (Wildman–Crippen LogP) is 1.91. The average Bonchev–Trinajstić information content (AvgIpc) is 3.06. The molecule has 0 aliphatic carbocycles. The number of phosphoric acid groups is 1. The molecule has 29 heavy (non-hydrogen) atoms. The van der Waals surface area contributed by atoms with E-state index in [1.54, 1.807) is 6.92 Å². The van der Waals surface area contributed by atoms with Crippen LogP contribution in [0.25, 0.3) is 0 Å².